The fourth-order valence-corrected chi connectivity index (χ4v) is 1.43. The van der Waals surface area contributed by atoms with E-state index in [2.05, 4.69) is 4.74 Å². The van der Waals surface area contributed by atoms with Gasteiger partial charge in [-0.1, -0.05) is 17.7 Å². The maximum Gasteiger partial charge on any atom is 0.374 e. The van der Waals surface area contributed by atoms with Gasteiger partial charge in [-0.3, -0.25) is 4.79 Å². The number of esters is 1. The van der Waals surface area contributed by atoms with E-state index >= 15 is 0 Å². The van der Waals surface area contributed by atoms with Gasteiger partial charge in [-0.25, -0.2) is 4.79 Å². The maximum absolute atomic E-state index is 11.1. The van der Waals surface area contributed by atoms with Crippen LogP contribution in [0.5, 0.6) is 5.75 Å². The van der Waals surface area contributed by atoms with Crippen molar-refractivity contribution in [3.05, 3.63) is 29.8 Å². The Labute approximate surface area is 107 Å². The van der Waals surface area contributed by atoms with E-state index in [1.165, 1.54) is 12.7 Å². The number of Topliss-reactive ketones (excluding diaryl/α,β-unsaturated/α-hetero) is 1. The molecule has 0 saturated carbocycles. The minimum absolute atomic E-state index is 0.212. The summed E-state index contributed by atoms with van der Waals surface area (Å²) in [5, 5.41) is 0. The van der Waals surface area contributed by atoms with Gasteiger partial charge in [0.15, 0.2) is 0 Å². The average Bonchev–Trinajstić information content (AvgIpc) is 2.39. The van der Waals surface area contributed by atoms with Crippen LogP contribution in [0.1, 0.15) is 24.8 Å². The molecular weight excluding hydrogens is 232 g/mol. The van der Waals surface area contributed by atoms with Gasteiger partial charge in [0.2, 0.25) is 5.78 Å². The first-order valence-electron chi connectivity index (χ1n) is 5.94. The first-order valence-corrected chi connectivity index (χ1v) is 5.94. The van der Waals surface area contributed by atoms with Gasteiger partial charge in [0.05, 0.1) is 13.7 Å². The molecule has 0 N–H and O–H groups in total. The number of carbonyl (C=O) groups excluding carboxylic acids is 2. The van der Waals surface area contributed by atoms with Crippen LogP contribution in [0.3, 0.4) is 0 Å². The monoisotopic (exact) mass is 250 g/mol. The maximum atomic E-state index is 11.1. The predicted octanol–water partition coefficient (Wildman–Crippen LogP) is 2.29. The van der Waals surface area contributed by atoms with Crippen molar-refractivity contribution < 1.29 is 19.1 Å². The van der Waals surface area contributed by atoms with Gasteiger partial charge in [0, 0.05) is 6.42 Å². The molecule has 0 saturated heterocycles. The first-order chi connectivity index (χ1) is 8.63. The molecule has 0 aliphatic rings. The Hall–Kier alpha value is -1.84. The molecule has 0 aromatic heterocycles. The van der Waals surface area contributed by atoms with Crippen LogP contribution >= 0.6 is 0 Å². The molecule has 1 aromatic carbocycles. The Kier molecular flexibility index (Phi) is 5.91. The van der Waals surface area contributed by atoms with Gasteiger partial charge in [0.1, 0.15) is 5.75 Å². The van der Waals surface area contributed by atoms with Crippen molar-refractivity contribution in [1.29, 1.82) is 0 Å². The Bertz CT molecular complexity index is 395. The standard InChI is InChI=1S/C14H18O4/c1-11-6-8-12(9-7-11)18-10-4-3-5-13(15)14(16)17-2/h6-9H,3-5,10H2,1-2H3. The third kappa shape index (κ3) is 4.99. The molecule has 4 nitrogen and oxygen atoms in total. The lowest BCUT2D eigenvalue weighted by Gasteiger charge is -2.05. The van der Waals surface area contributed by atoms with Crippen molar-refractivity contribution in [2.75, 3.05) is 13.7 Å². The average molecular weight is 250 g/mol. The Balaban J connectivity index is 2.14. The van der Waals surface area contributed by atoms with E-state index in [0.29, 0.717) is 13.0 Å². The highest BCUT2D eigenvalue weighted by Gasteiger charge is 2.12. The normalized spacial score (nSPS) is 9.89. The summed E-state index contributed by atoms with van der Waals surface area (Å²) in [5.41, 5.74) is 1.19. The number of ether oxygens (including phenoxy) is 2. The van der Waals surface area contributed by atoms with Crippen LogP contribution in [0.15, 0.2) is 24.3 Å². The smallest absolute Gasteiger partial charge is 0.374 e. The topological polar surface area (TPSA) is 52.6 Å². The highest BCUT2D eigenvalue weighted by molar-refractivity contribution is 6.33. The highest BCUT2D eigenvalue weighted by Crippen LogP contribution is 2.12. The SMILES string of the molecule is COC(=O)C(=O)CCCCOc1ccc(C)cc1. The number of hydrogen-bond acceptors (Lipinski definition) is 4. The van der Waals surface area contributed by atoms with Gasteiger partial charge >= 0.3 is 5.97 Å². The molecule has 0 aliphatic heterocycles. The molecule has 1 rings (SSSR count). The van der Waals surface area contributed by atoms with Crippen LogP contribution in [0.2, 0.25) is 0 Å². The van der Waals surface area contributed by atoms with Crippen molar-refractivity contribution >= 4 is 11.8 Å². The van der Waals surface area contributed by atoms with E-state index in [1.807, 2.05) is 31.2 Å². The zero-order chi connectivity index (χ0) is 13.4. The lowest BCUT2D eigenvalue weighted by atomic mass is 10.2. The van der Waals surface area contributed by atoms with Crippen LogP contribution in [0.4, 0.5) is 0 Å². The Morgan fingerprint density at radius 1 is 1.11 bits per heavy atom. The number of benzene rings is 1. The minimum Gasteiger partial charge on any atom is -0.494 e. The number of carbonyl (C=O) groups is 2. The van der Waals surface area contributed by atoms with E-state index < -0.39 is 11.8 Å². The van der Waals surface area contributed by atoms with Crippen LogP contribution in [-0.4, -0.2) is 25.5 Å². The Morgan fingerprint density at radius 3 is 2.39 bits per heavy atom. The summed E-state index contributed by atoms with van der Waals surface area (Å²) in [6.45, 7) is 2.56. The van der Waals surface area contributed by atoms with Crippen LogP contribution < -0.4 is 4.74 Å². The molecule has 18 heavy (non-hydrogen) atoms. The summed E-state index contributed by atoms with van der Waals surface area (Å²) < 4.78 is 9.83. The largest absolute Gasteiger partial charge is 0.494 e. The summed E-state index contributed by atoms with van der Waals surface area (Å²) in [7, 11) is 1.21. The predicted molar refractivity (Wildman–Crippen MR) is 67.5 cm³/mol. The van der Waals surface area contributed by atoms with Crippen LogP contribution in [-0.2, 0) is 14.3 Å². The quantitative estimate of drug-likeness (QED) is 0.423. The van der Waals surface area contributed by atoms with Crippen molar-refractivity contribution in [2.45, 2.75) is 26.2 Å². The second-order valence-corrected chi connectivity index (χ2v) is 4.03. The van der Waals surface area contributed by atoms with Crippen molar-refractivity contribution in [3.8, 4) is 5.75 Å². The van der Waals surface area contributed by atoms with E-state index in [0.717, 1.165) is 12.2 Å². The summed E-state index contributed by atoms with van der Waals surface area (Å²) in [6.07, 6.45) is 1.57. The third-order valence-corrected chi connectivity index (χ3v) is 2.50. The summed E-state index contributed by atoms with van der Waals surface area (Å²) >= 11 is 0. The van der Waals surface area contributed by atoms with E-state index in [1.54, 1.807) is 0 Å². The van der Waals surface area contributed by atoms with E-state index in [9.17, 15) is 9.59 Å². The molecule has 0 radical (unpaired) electrons. The summed E-state index contributed by atoms with van der Waals surface area (Å²) in [4.78, 5) is 22.0. The molecule has 0 heterocycles. The minimum atomic E-state index is -0.769. The molecule has 0 spiro atoms. The number of aryl methyl sites for hydroxylation is 1. The molecule has 1 aromatic rings. The zero-order valence-corrected chi connectivity index (χ0v) is 10.8. The number of unbranched alkanes of at least 4 members (excludes halogenated alkanes) is 1. The fourth-order valence-electron chi connectivity index (χ4n) is 1.43. The third-order valence-electron chi connectivity index (χ3n) is 2.50. The summed E-state index contributed by atoms with van der Waals surface area (Å²) in [5.74, 6) is -0.429. The van der Waals surface area contributed by atoms with E-state index in [4.69, 9.17) is 4.74 Å². The second-order valence-electron chi connectivity index (χ2n) is 4.03. The number of rotatable bonds is 7. The van der Waals surface area contributed by atoms with Gasteiger partial charge in [-0.05, 0) is 31.9 Å². The lowest BCUT2D eigenvalue weighted by molar-refractivity contribution is -0.151. The number of methoxy groups -OCH3 is 1. The van der Waals surface area contributed by atoms with Crippen molar-refractivity contribution in [2.24, 2.45) is 0 Å². The van der Waals surface area contributed by atoms with Crippen molar-refractivity contribution in [1.82, 2.24) is 0 Å². The Morgan fingerprint density at radius 2 is 1.78 bits per heavy atom. The van der Waals surface area contributed by atoms with Gasteiger partial charge < -0.3 is 9.47 Å². The lowest BCUT2D eigenvalue weighted by Crippen LogP contribution is -2.15. The molecule has 0 fully saturated rings. The molecular formula is C14H18O4. The zero-order valence-electron chi connectivity index (χ0n) is 10.8. The molecule has 0 amide bonds. The second kappa shape index (κ2) is 7.48. The fraction of sp³-hybridized carbons (Fsp3) is 0.429. The van der Waals surface area contributed by atoms with Crippen LogP contribution in [0, 0.1) is 6.92 Å². The highest BCUT2D eigenvalue weighted by atomic mass is 16.5. The number of hydrogen-bond donors (Lipinski definition) is 0. The summed E-state index contributed by atoms with van der Waals surface area (Å²) in [6, 6.07) is 7.79. The molecule has 0 aliphatic carbocycles. The molecule has 0 bridgehead atoms. The van der Waals surface area contributed by atoms with Crippen LogP contribution in [0.25, 0.3) is 0 Å². The molecule has 0 atom stereocenters. The van der Waals surface area contributed by atoms with Crippen molar-refractivity contribution in [3.63, 3.8) is 0 Å². The van der Waals surface area contributed by atoms with Gasteiger partial charge in [-0.15, -0.1) is 0 Å². The first kappa shape index (κ1) is 14.2. The van der Waals surface area contributed by atoms with Gasteiger partial charge in [-0.2, -0.15) is 0 Å². The molecule has 98 valence electrons. The van der Waals surface area contributed by atoms with E-state index in [-0.39, 0.29) is 6.42 Å². The molecule has 0 unspecified atom stereocenters. The number of ketones is 1. The molecule has 4 heteroatoms. The van der Waals surface area contributed by atoms with Gasteiger partial charge in [0.25, 0.3) is 0 Å².